The monoisotopic (exact) mass is 388 g/mol. The molecule has 1 saturated heterocycles. The van der Waals surface area contributed by atoms with Crippen molar-refractivity contribution in [1.29, 1.82) is 0 Å². The molecule has 3 rings (SSSR count). The molecule has 1 N–H and O–H groups in total. The lowest BCUT2D eigenvalue weighted by molar-refractivity contribution is -0.297. The Labute approximate surface area is 164 Å². The van der Waals surface area contributed by atoms with E-state index in [-0.39, 0.29) is 0 Å². The molecule has 0 amide bonds. The molecule has 0 aliphatic carbocycles. The first-order chi connectivity index (χ1) is 13.2. The number of methoxy groups -OCH3 is 1. The Morgan fingerprint density at radius 3 is 1.93 bits per heavy atom. The highest BCUT2D eigenvalue weighted by molar-refractivity contribution is 7.79. The highest BCUT2D eigenvalue weighted by atomic mass is 32.1. The molecule has 0 bridgehead atoms. The maximum absolute atomic E-state index is 10.7. The Bertz CT molecular complexity index is 696. The minimum Gasteiger partial charge on any atom is -0.387 e. The number of aliphatic hydroxyl groups excluding tert-OH is 1. The number of hydrogen-bond acceptors (Lipinski definition) is 6. The topological polar surface area (TPSA) is 57.2 Å². The number of ether oxygens (including phenoxy) is 4. The standard InChI is InChI=1S/C21H24O5S/c1-23-21-20(25-13-16-10-6-3-7-11-16)19(18(22)17(14-27)26-21)24-12-15-8-4-2-5-9-15/h2-11,14,17-22H,12-13H2,1H3/t17-,18-,19+,20-,21-/m1/s1. The van der Waals surface area contributed by atoms with Crippen LogP contribution in [0.4, 0.5) is 0 Å². The molecular weight excluding hydrogens is 364 g/mol. The lowest BCUT2D eigenvalue weighted by Gasteiger charge is -2.42. The van der Waals surface area contributed by atoms with Crippen molar-refractivity contribution >= 4 is 17.6 Å². The molecule has 27 heavy (non-hydrogen) atoms. The van der Waals surface area contributed by atoms with Crippen molar-refractivity contribution in [3.05, 3.63) is 71.8 Å². The summed E-state index contributed by atoms with van der Waals surface area (Å²) in [6.45, 7) is 0.698. The van der Waals surface area contributed by atoms with Crippen LogP contribution in [0.25, 0.3) is 0 Å². The zero-order chi connectivity index (χ0) is 19.1. The predicted molar refractivity (Wildman–Crippen MR) is 105 cm³/mol. The van der Waals surface area contributed by atoms with Crippen LogP contribution in [0.5, 0.6) is 0 Å². The zero-order valence-electron chi connectivity index (χ0n) is 15.1. The summed E-state index contributed by atoms with van der Waals surface area (Å²) in [5.74, 6) is 0. The first-order valence-corrected chi connectivity index (χ1v) is 9.32. The van der Waals surface area contributed by atoms with Crippen molar-refractivity contribution in [3.8, 4) is 0 Å². The summed E-state index contributed by atoms with van der Waals surface area (Å²) >= 11 is 5.00. The molecule has 1 heterocycles. The fraction of sp³-hybridized carbons (Fsp3) is 0.381. The molecular formula is C21H24O5S. The van der Waals surface area contributed by atoms with Gasteiger partial charge in [-0.25, -0.2) is 0 Å². The molecule has 5 atom stereocenters. The Balaban J connectivity index is 1.74. The van der Waals surface area contributed by atoms with E-state index in [1.54, 1.807) is 0 Å². The van der Waals surface area contributed by atoms with E-state index in [4.69, 9.17) is 31.2 Å². The summed E-state index contributed by atoms with van der Waals surface area (Å²) in [4.78, 5) is 0. The van der Waals surface area contributed by atoms with Gasteiger partial charge in [0.2, 0.25) is 0 Å². The molecule has 5 nitrogen and oxygen atoms in total. The van der Waals surface area contributed by atoms with E-state index in [0.29, 0.717) is 13.2 Å². The van der Waals surface area contributed by atoms with E-state index in [0.717, 1.165) is 11.1 Å². The molecule has 144 valence electrons. The van der Waals surface area contributed by atoms with Crippen LogP contribution >= 0.6 is 12.2 Å². The van der Waals surface area contributed by atoms with Gasteiger partial charge in [-0.05, 0) is 11.1 Å². The molecule has 2 aromatic carbocycles. The van der Waals surface area contributed by atoms with Gasteiger partial charge in [0.15, 0.2) is 6.29 Å². The number of rotatable bonds is 8. The van der Waals surface area contributed by atoms with E-state index in [1.165, 1.54) is 12.5 Å². The maximum atomic E-state index is 10.7. The van der Waals surface area contributed by atoms with Gasteiger partial charge in [-0.1, -0.05) is 72.9 Å². The Kier molecular flexibility index (Phi) is 7.46. The van der Waals surface area contributed by atoms with Crippen molar-refractivity contribution in [2.24, 2.45) is 0 Å². The van der Waals surface area contributed by atoms with Gasteiger partial charge < -0.3 is 24.1 Å². The maximum Gasteiger partial charge on any atom is 0.186 e. The molecule has 2 aromatic rings. The van der Waals surface area contributed by atoms with Gasteiger partial charge in [0, 0.05) is 12.5 Å². The molecule has 0 aromatic heterocycles. The van der Waals surface area contributed by atoms with Crippen LogP contribution in [0.15, 0.2) is 60.7 Å². The normalized spacial score (nSPS) is 28.0. The van der Waals surface area contributed by atoms with E-state index >= 15 is 0 Å². The molecule has 6 heteroatoms. The van der Waals surface area contributed by atoms with Gasteiger partial charge in [-0.2, -0.15) is 0 Å². The third kappa shape index (κ3) is 5.19. The van der Waals surface area contributed by atoms with Gasteiger partial charge in [-0.15, -0.1) is 0 Å². The number of thiocarbonyl (C=S) groups is 1. The third-order valence-corrected chi connectivity index (χ3v) is 4.76. The lowest BCUT2D eigenvalue weighted by atomic mass is 9.99. The number of hydrogen-bond donors (Lipinski definition) is 1. The summed E-state index contributed by atoms with van der Waals surface area (Å²) in [6.07, 6.45) is -3.54. The largest absolute Gasteiger partial charge is 0.387 e. The number of benzene rings is 2. The van der Waals surface area contributed by atoms with E-state index < -0.39 is 30.7 Å². The Morgan fingerprint density at radius 2 is 1.44 bits per heavy atom. The second-order valence-electron chi connectivity index (χ2n) is 6.35. The van der Waals surface area contributed by atoms with Crippen molar-refractivity contribution < 1.29 is 24.1 Å². The van der Waals surface area contributed by atoms with Crippen molar-refractivity contribution in [1.82, 2.24) is 0 Å². The SMILES string of the molecule is CO[C@@H]1O[C@H](C=S)[C@@H](O)[C@H](OCc2ccccc2)[C@H]1OCc1ccccc1. The third-order valence-electron chi connectivity index (χ3n) is 4.49. The van der Waals surface area contributed by atoms with Gasteiger partial charge >= 0.3 is 0 Å². The molecule has 1 fully saturated rings. The summed E-state index contributed by atoms with van der Waals surface area (Å²) in [5.41, 5.74) is 2.02. The second kappa shape index (κ2) is 10.0. The number of aliphatic hydroxyl groups is 1. The predicted octanol–water partition coefficient (Wildman–Crippen LogP) is 2.89. The summed E-state index contributed by atoms with van der Waals surface area (Å²) in [7, 11) is 1.54. The van der Waals surface area contributed by atoms with Crippen LogP contribution in [0.1, 0.15) is 11.1 Å². The molecule has 0 unspecified atom stereocenters. The first kappa shape index (κ1) is 20.1. The summed E-state index contributed by atoms with van der Waals surface area (Å²) in [5, 5.41) is 12.1. The minimum absolute atomic E-state index is 0.342. The van der Waals surface area contributed by atoms with Crippen LogP contribution in [0.2, 0.25) is 0 Å². The smallest absolute Gasteiger partial charge is 0.186 e. The van der Waals surface area contributed by atoms with Gasteiger partial charge in [0.1, 0.15) is 24.4 Å². The molecule has 0 spiro atoms. The average Bonchev–Trinajstić information content (AvgIpc) is 2.73. The first-order valence-electron chi connectivity index (χ1n) is 8.85. The molecule has 0 radical (unpaired) electrons. The van der Waals surface area contributed by atoms with Crippen LogP contribution in [-0.4, -0.2) is 48.3 Å². The van der Waals surface area contributed by atoms with E-state index in [2.05, 4.69) is 0 Å². The average molecular weight is 388 g/mol. The van der Waals surface area contributed by atoms with Gasteiger partial charge in [0.05, 0.1) is 13.2 Å². The van der Waals surface area contributed by atoms with Crippen LogP contribution in [0, 0.1) is 0 Å². The van der Waals surface area contributed by atoms with Crippen LogP contribution in [0.3, 0.4) is 0 Å². The van der Waals surface area contributed by atoms with Crippen LogP contribution < -0.4 is 0 Å². The Morgan fingerprint density at radius 1 is 0.926 bits per heavy atom. The highest BCUT2D eigenvalue weighted by Crippen LogP contribution is 2.27. The van der Waals surface area contributed by atoms with E-state index in [1.807, 2.05) is 60.7 Å². The van der Waals surface area contributed by atoms with Gasteiger partial charge in [0.25, 0.3) is 0 Å². The highest BCUT2D eigenvalue weighted by Gasteiger charge is 2.46. The Hall–Kier alpha value is -1.67. The van der Waals surface area contributed by atoms with Crippen molar-refractivity contribution in [3.63, 3.8) is 0 Å². The lowest BCUT2D eigenvalue weighted by Crippen LogP contribution is -2.60. The fourth-order valence-corrected chi connectivity index (χ4v) is 3.28. The summed E-state index contributed by atoms with van der Waals surface area (Å²) < 4.78 is 23.3. The quantitative estimate of drug-likeness (QED) is 0.702. The molecule has 0 saturated carbocycles. The summed E-state index contributed by atoms with van der Waals surface area (Å²) in [6, 6.07) is 19.6. The fourth-order valence-electron chi connectivity index (χ4n) is 3.05. The van der Waals surface area contributed by atoms with Crippen LogP contribution in [-0.2, 0) is 32.2 Å². The second-order valence-corrected chi connectivity index (χ2v) is 6.63. The van der Waals surface area contributed by atoms with Crippen molar-refractivity contribution in [2.45, 2.75) is 43.9 Å². The van der Waals surface area contributed by atoms with Gasteiger partial charge in [-0.3, -0.25) is 0 Å². The minimum atomic E-state index is -0.946. The molecule has 1 aliphatic heterocycles. The zero-order valence-corrected chi connectivity index (χ0v) is 16.0. The van der Waals surface area contributed by atoms with Crippen molar-refractivity contribution in [2.75, 3.05) is 7.11 Å². The van der Waals surface area contributed by atoms with E-state index in [9.17, 15) is 5.11 Å². The molecule has 1 aliphatic rings.